The van der Waals surface area contributed by atoms with Crippen LogP contribution < -0.4 is 15.8 Å². The first kappa shape index (κ1) is 20.4. The number of amidine groups is 1. The molecule has 9 heteroatoms. The molecule has 2 rings (SSSR count). The fraction of sp³-hybridized carbons (Fsp3) is 0.467. The fourth-order valence-electron chi connectivity index (χ4n) is 2.07. The van der Waals surface area contributed by atoms with Crippen LogP contribution in [-0.2, 0) is 14.8 Å². The highest BCUT2D eigenvalue weighted by atomic mass is 35.5. The second-order valence-electron chi connectivity index (χ2n) is 5.70. The summed E-state index contributed by atoms with van der Waals surface area (Å²) >= 11 is 0. The van der Waals surface area contributed by atoms with Crippen molar-refractivity contribution in [2.24, 2.45) is 16.6 Å². The third kappa shape index (κ3) is 5.19. The highest BCUT2D eigenvalue weighted by Gasteiger charge is 2.20. The molecule has 24 heavy (non-hydrogen) atoms. The van der Waals surface area contributed by atoms with E-state index in [0.29, 0.717) is 24.5 Å². The summed E-state index contributed by atoms with van der Waals surface area (Å²) < 4.78 is 27.2. The van der Waals surface area contributed by atoms with Crippen molar-refractivity contribution in [3.8, 4) is 0 Å². The van der Waals surface area contributed by atoms with E-state index in [2.05, 4.69) is 15.0 Å². The Hall–Kier alpha value is -1.64. The molecule has 0 spiro atoms. The zero-order chi connectivity index (χ0) is 17.0. The number of sulfonamides is 1. The van der Waals surface area contributed by atoms with Crippen LogP contribution in [0, 0.1) is 5.92 Å². The van der Waals surface area contributed by atoms with Crippen LogP contribution in [-0.4, -0.2) is 32.7 Å². The molecule has 0 radical (unpaired) electrons. The maximum atomic E-state index is 12.3. The zero-order valence-electron chi connectivity index (χ0n) is 13.7. The van der Waals surface area contributed by atoms with Crippen LogP contribution in [0.2, 0.25) is 0 Å². The smallest absolute Gasteiger partial charge is 0.262 e. The summed E-state index contributed by atoms with van der Waals surface area (Å²) in [6.45, 7) is 4.11. The second kappa shape index (κ2) is 8.46. The van der Waals surface area contributed by atoms with E-state index in [1.54, 1.807) is 26.0 Å². The number of nitrogens with one attached hydrogen (secondary N) is 2. The predicted molar refractivity (Wildman–Crippen MR) is 97.0 cm³/mol. The second-order valence-corrected chi connectivity index (χ2v) is 7.38. The highest BCUT2D eigenvalue weighted by molar-refractivity contribution is 7.90. The minimum absolute atomic E-state index is 0. The van der Waals surface area contributed by atoms with Gasteiger partial charge in [0.1, 0.15) is 5.84 Å². The van der Waals surface area contributed by atoms with E-state index in [1.165, 1.54) is 12.1 Å². The molecule has 2 atom stereocenters. The molecule has 2 unspecified atom stereocenters. The van der Waals surface area contributed by atoms with Crippen molar-refractivity contribution in [2.45, 2.75) is 37.6 Å². The number of nitrogens with zero attached hydrogens (tertiary/aromatic N) is 1. The molecular weight excluding hydrogens is 352 g/mol. The quantitative estimate of drug-likeness (QED) is 0.724. The molecule has 4 N–H and O–H groups in total. The third-order valence-corrected chi connectivity index (χ3v) is 5.12. The predicted octanol–water partition coefficient (Wildman–Crippen LogP) is 1.50. The summed E-state index contributed by atoms with van der Waals surface area (Å²) in [6.07, 6.45) is 1.48. The lowest BCUT2D eigenvalue weighted by Crippen LogP contribution is -2.34. The molecule has 1 amide bonds. The fourth-order valence-corrected chi connectivity index (χ4v) is 3.21. The average molecular weight is 375 g/mol. The molecular formula is C15H23ClN4O3S. The maximum absolute atomic E-state index is 12.3. The van der Waals surface area contributed by atoms with Gasteiger partial charge >= 0.3 is 0 Å². The Balaban J connectivity index is 0.00000288. The summed E-state index contributed by atoms with van der Waals surface area (Å²) in [6, 6.07) is 5.82. The van der Waals surface area contributed by atoms with E-state index in [4.69, 9.17) is 5.73 Å². The first-order valence-corrected chi connectivity index (χ1v) is 9.00. The van der Waals surface area contributed by atoms with Crippen LogP contribution in [0.25, 0.3) is 0 Å². The zero-order valence-corrected chi connectivity index (χ0v) is 15.3. The molecule has 0 aromatic heterocycles. The van der Waals surface area contributed by atoms with Gasteiger partial charge in [0.05, 0.1) is 10.8 Å². The van der Waals surface area contributed by atoms with Gasteiger partial charge < -0.3 is 11.1 Å². The van der Waals surface area contributed by atoms with Crippen molar-refractivity contribution >= 4 is 39.9 Å². The SMILES string of the molecule is CC(N)C(C)C(=O)Nc1cccc(S(=O)(=O)NC2=NCCC2)c1.Cl. The molecule has 1 aliphatic rings. The van der Waals surface area contributed by atoms with Crippen LogP contribution in [0.1, 0.15) is 26.7 Å². The number of hydrogen-bond acceptors (Lipinski definition) is 5. The van der Waals surface area contributed by atoms with Crippen molar-refractivity contribution in [1.29, 1.82) is 0 Å². The third-order valence-electron chi connectivity index (χ3n) is 3.74. The van der Waals surface area contributed by atoms with Crippen molar-refractivity contribution in [3.05, 3.63) is 24.3 Å². The molecule has 0 aliphatic carbocycles. The molecule has 0 saturated carbocycles. The number of rotatable bonds is 5. The molecule has 1 aromatic carbocycles. The number of carbonyl (C=O) groups is 1. The Morgan fingerprint density at radius 1 is 1.33 bits per heavy atom. The molecule has 0 bridgehead atoms. The number of amides is 1. The summed E-state index contributed by atoms with van der Waals surface area (Å²) in [7, 11) is -3.70. The number of anilines is 1. The van der Waals surface area contributed by atoms with Gasteiger partial charge in [-0.25, -0.2) is 8.42 Å². The monoisotopic (exact) mass is 374 g/mol. The first-order chi connectivity index (χ1) is 10.8. The maximum Gasteiger partial charge on any atom is 0.262 e. The van der Waals surface area contributed by atoms with Gasteiger partial charge in [0.15, 0.2) is 0 Å². The van der Waals surface area contributed by atoms with Gasteiger partial charge in [0.25, 0.3) is 10.0 Å². The molecule has 0 saturated heterocycles. The van der Waals surface area contributed by atoms with E-state index in [0.717, 1.165) is 6.42 Å². The van der Waals surface area contributed by atoms with Gasteiger partial charge in [-0.2, -0.15) is 0 Å². The Kier molecular flexibility index (Phi) is 7.19. The number of halogens is 1. The van der Waals surface area contributed by atoms with Gasteiger partial charge in [0.2, 0.25) is 5.91 Å². The topological polar surface area (TPSA) is 114 Å². The van der Waals surface area contributed by atoms with Gasteiger partial charge in [-0.15, -0.1) is 12.4 Å². The number of benzene rings is 1. The lowest BCUT2D eigenvalue weighted by Gasteiger charge is -2.16. The lowest BCUT2D eigenvalue weighted by molar-refractivity contribution is -0.119. The van der Waals surface area contributed by atoms with Crippen LogP contribution in [0.15, 0.2) is 34.2 Å². The minimum Gasteiger partial charge on any atom is -0.327 e. The number of carbonyl (C=O) groups excluding carboxylic acids is 1. The van der Waals surface area contributed by atoms with E-state index in [1.807, 2.05) is 0 Å². The summed E-state index contributed by atoms with van der Waals surface area (Å²) in [5, 5.41) is 2.69. The van der Waals surface area contributed by atoms with Gasteiger partial charge in [-0.3, -0.25) is 14.5 Å². The van der Waals surface area contributed by atoms with Gasteiger partial charge in [0, 0.05) is 24.7 Å². The number of nitrogens with two attached hydrogens (primary N) is 1. The first-order valence-electron chi connectivity index (χ1n) is 7.52. The molecule has 134 valence electrons. The van der Waals surface area contributed by atoms with Crippen LogP contribution in [0.4, 0.5) is 5.69 Å². The van der Waals surface area contributed by atoms with Crippen LogP contribution in [0.5, 0.6) is 0 Å². The molecule has 0 fully saturated rings. The summed E-state index contributed by atoms with van der Waals surface area (Å²) in [5.74, 6) is -0.145. The minimum atomic E-state index is -3.70. The van der Waals surface area contributed by atoms with Crippen molar-refractivity contribution < 1.29 is 13.2 Å². The normalized spacial score (nSPS) is 16.5. The van der Waals surface area contributed by atoms with Crippen molar-refractivity contribution in [2.75, 3.05) is 11.9 Å². The Bertz CT molecular complexity index is 719. The summed E-state index contributed by atoms with van der Waals surface area (Å²) in [5.41, 5.74) is 6.12. The standard InChI is InChI=1S/C15H22N4O3S.ClH/c1-10(11(2)16)15(20)18-12-5-3-6-13(9-12)23(21,22)19-14-7-4-8-17-14;/h3,5-6,9-11H,4,7-8,16H2,1-2H3,(H,17,19)(H,18,20);1H. The Morgan fingerprint density at radius 3 is 2.62 bits per heavy atom. The van der Waals surface area contributed by atoms with Crippen LogP contribution in [0.3, 0.4) is 0 Å². The molecule has 1 heterocycles. The van der Waals surface area contributed by atoms with E-state index in [-0.39, 0.29) is 35.2 Å². The summed E-state index contributed by atoms with van der Waals surface area (Å²) in [4.78, 5) is 16.2. The van der Waals surface area contributed by atoms with Crippen molar-refractivity contribution in [3.63, 3.8) is 0 Å². The largest absolute Gasteiger partial charge is 0.327 e. The highest BCUT2D eigenvalue weighted by Crippen LogP contribution is 2.17. The number of hydrogen-bond donors (Lipinski definition) is 3. The average Bonchev–Trinajstić information content (AvgIpc) is 2.98. The van der Waals surface area contributed by atoms with E-state index >= 15 is 0 Å². The van der Waals surface area contributed by atoms with Gasteiger partial charge in [-0.1, -0.05) is 13.0 Å². The number of aliphatic imine (C=N–C) groups is 1. The molecule has 7 nitrogen and oxygen atoms in total. The van der Waals surface area contributed by atoms with E-state index in [9.17, 15) is 13.2 Å². The molecule has 1 aromatic rings. The Morgan fingerprint density at radius 2 is 2.04 bits per heavy atom. The van der Waals surface area contributed by atoms with Crippen molar-refractivity contribution in [1.82, 2.24) is 4.72 Å². The lowest BCUT2D eigenvalue weighted by atomic mass is 10.0. The van der Waals surface area contributed by atoms with Crippen LogP contribution >= 0.6 is 12.4 Å². The van der Waals surface area contributed by atoms with E-state index < -0.39 is 10.0 Å². The van der Waals surface area contributed by atoms with Gasteiger partial charge in [-0.05, 0) is 31.5 Å². The Labute approximate surface area is 148 Å². The molecule has 1 aliphatic heterocycles.